The fourth-order valence-corrected chi connectivity index (χ4v) is 1.21. The van der Waals surface area contributed by atoms with Crippen LogP contribution in [0.1, 0.15) is 53.4 Å². The zero-order chi connectivity index (χ0) is 9.40. The van der Waals surface area contributed by atoms with Gasteiger partial charge in [0.2, 0.25) is 0 Å². The van der Waals surface area contributed by atoms with E-state index in [1.165, 1.54) is 12.8 Å². The minimum absolute atomic E-state index is 0.507. The molecule has 0 spiro atoms. The van der Waals surface area contributed by atoms with E-state index in [1.807, 2.05) is 0 Å². The first-order chi connectivity index (χ1) is 5.70. The van der Waals surface area contributed by atoms with Gasteiger partial charge in [-0.2, -0.15) is 0 Å². The summed E-state index contributed by atoms with van der Waals surface area (Å²) in [5, 5.41) is 0. The summed E-state index contributed by atoms with van der Waals surface area (Å²) in [6, 6.07) is 0. The van der Waals surface area contributed by atoms with E-state index < -0.39 is 0 Å². The van der Waals surface area contributed by atoms with Gasteiger partial charge >= 0.3 is 0 Å². The van der Waals surface area contributed by atoms with E-state index in [9.17, 15) is 0 Å². The van der Waals surface area contributed by atoms with Gasteiger partial charge in [-0.3, -0.25) is 0 Å². The lowest BCUT2D eigenvalue weighted by atomic mass is 10.0. The summed E-state index contributed by atoms with van der Waals surface area (Å²) in [6.45, 7) is 9.84. The molecule has 0 radical (unpaired) electrons. The van der Waals surface area contributed by atoms with Crippen molar-refractivity contribution in [3.63, 3.8) is 0 Å². The van der Waals surface area contributed by atoms with Gasteiger partial charge in [0, 0.05) is 6.61 Å². The van der Waals surface area contributed by atoms with E-state index in [4.69, 9.17) is 4.74 Å². The highest BCUT2D eigenvalue weighted by Gasteiger charge is 2.06. The lowest BCUT2D eigenvalue weighted by molar-refractivity contribution is 0.0418. The van der Waals surface area contributed by atoms with Crippen LogP contribution >= 0.6 is 0 Å². The fourth-order valence-electron chi connectivity index (χ4n) is 1.21. The van der Waals surface area contributed by atoms with E-state index in [0.29, 0.717) is 6.10 Å². The first kappa shape index (κ1) is 12.0. The van der Waals surface area contributed by atoms with E-state index in [2.05, 4.69) is 27.7 Å². The Kier molecular flexibility index (Phi) is 7.58. The maximum atomic E-state index is 5.69. The fraction of sp³-hybridized carbons (Fsp3) is 1.00. The van der Waals surface area contributed by atoms with Crippen molar-refractivity contribution in [1.29, 1.82) is 0 Å². The van der Waals surface area contributed by atoms with Crippen LogP contribution in [0.5, 0.6) is 0 Å². The van der Waals surface area contributed by atoms with Crippen molar-refractivity contribution in [2.75, 3.05) is 6.61 Å². The van der Waals surface area contributed by atoms with Gasteiger partial charge in [0.15, 0.2) is 0 Å². The quantitative estimate of drug-likeness (QED) is 0.570. The minimum atomic E-state index is 0.507. The molecule has 0 aliphatic rings. The third-order valence-corrected chi connectivity index (χ3v) is 2.08. The minimum Gasteiger partial charge on any atom is -0.378 e. The molecule has 1 atom stereocenters. The second kappa shape index (κ2) is 7.60. The van der Waals surface area contributed by atoms with Crippen molar-refractivity contribution in [1.82, 2.24) is 0 Å². The average molecular weight is 172 g/mol. The summed E-state index contributed by atoms with van der Waals surface area (Å²) in [6.07, 6.45) is 5.33. The Labute approximate surface area is 77.5 Å². The van der Waals surface area contributed by atoms with Gasteiger partial charge in [0.05, 0.1) is 6.10 Å². The smallest absolute Gasteiger partial charge is 0.0572 e. The molecule has 0 aliphatic heterocycles. The predicted octanol–water partition coefficient (Wildman–Crippen LogP) is 3.63. The third-order valence-electron chi connectivity index (χ3n) is 2.08. The summed E-state index contributed by atoms with van der Waals surface area (Å²) < 4.78 is 5.69. The van der Waals surface area contributed by atoms with E-state index in [0.717, 1.165) is 25.4 Å². The van der Waals surface area contributed by atoms with Gasteiger partial charge in [0.1, 0.15) is 0 Å². The highest BCUT2D eigenvalue weighted by Crippen LogP contribution is 2.12. The zero-order valence-electron chi connectivity index (χ0n) is 9.10. The van der Waals surface area contributed by atoms with E-state index in [-0.39, 0.29) is 0 Å². The molecule has 0 aromatic carbocycles. The van der Waals surface area contributed by atoms with Gasteiger partial charge in [0.25, 0.3) is 0 Å². The molecule has 1 nitrogen and oxygen atoms in total. The Bertz CT molecular complexity index is 89.0. The van der Waals surface area contributed by atoms with Crippen molar-refractivity contribution in [3.8, 4) is 0 Å². The van der Waals surface area contributed by atoms with Crippen LogP contribution in [0.15, 0.2) is 0 Å². The normalized spacial score (nSPS) is 13.8. The summed E-state index contributed by atoms with van der Waals surface area (Å²) in [7, 11) is 0. The molecule has 12 heavy (non-hydrogen) atoms. The molecule has 1 unspecified atom stereocenters. The third kappa shape index (κ3) is 6.66. The van der Waals surface area contributed by atoms with E-state index >= 15 is 0 Å². The molecule has 0 N–H and O–H groups in total. The Balaban J connectivity index is 3.39. The second-order valence-corrected chi connectivity index (χ2v) is 3.87. The number of rotatable bonds is 7. The maximum absolute atomic E-state index is 5.69. The van der Waals surface area contributed by atoms with Crippen molar-refractivity contribution in [2.24, 2.45) is 5.92 Å². The first-order valence-electron chi connectivity index (χ1n) is 5.32. The molecule has 0 saturated carbocycles. The van der Waals surface area contributed by atoms with Crippen LogP contribution in [0, 0.1) is 5.92 Å². The number of hydrogen-bond donors (Lipinski definition) is 0. The van der Waals surface area contributed by atoms with Crippen molar-refractivity contribution >= 4 is 0 Å². The molecular formula is C11H24O. The molecule has 0 fully saturated rings. The Morgan fingerprint density at radius 1 is 1.08 bits per heavy atom. The Morgan fingerprint density at radius 3 is 2.17 bits per heavy atom. The van der Waals surface area contributed by atoms with Gasteiger partial charge in [-0.15, -0.1) is 0 Å². The second-order valence-electron chi connectivity index (χ2n) is 3.87. The average Bonchev–Trinajstić information content (AvgIpc) is 2.05. The predicted molar refractivity (Wildman–Crippen MR) is 54.4 cm³/mol. The summed E-state index contributed by atoms with van der Waals surface area (Å²) in [5.41, 5.74) is 0. The largest absolute Gasteiger partial charge is 0.378 e. The molecule has 0 heterocycles. The van der Waals surface area contributed by atoms with Crippen molar-refractivity contribution < 1.29 is 4.74 Å². The number of ether oxygens (including phenoxy) is 1. The van der Waals surface area contributed by atoms with Crippen molar-refractivity contribution in [3.05, 3.63) is 0 Å². The van der Waals surface area contributed by atoms with Gasteiger partial charge in [-0.05, 0) is 31.6 Å². The first-order valence-corrected chi connectivity index (χ1v) is 5.32. The van der Waals surface area contributed by atoms with Gasteiger partial charge < -0.3 is 4.74 Å². The van der Waals surface area contributed by atoms with Crippen LogP contribution < -0.4 is 0 Å². The molecule has 0 bridgehead atoms. The Hall–Kier alpha value is -0.0400. The van der Waals surface area contributed by atoms with Gasteiger partial charge in [-0.1, -0.05) is 27.7 Å². The lowest BCUT2D eigenvalue weighted by Gasteiger charge is -2.16. The molecule has 0 saturated heterocycles. The lowest BCUT2D eigenvalue weighted by Crippen LogP contribution is -2.13. The van der Waals surface area contributed by atoms with Crippen LogP contribution in [0.3, 0.4) is 0 Å². The van der Waals surface area contributed by atoms with E-state index in [1.54, 1.807) is 0 Å². The standard InChI is InChI=1S/C11H24O/c1-5-9-12-11(6-2)8-7-10(3)4/h10-11H,5-9H2,1-4H3. The molecule has 0 rings (SSSR count). The highest BCUT2D eigenvalue weighted by atomic mass is 16.5. The highest BCUT2D eigenvalue weighted by molar-refractivity contribution is 4.57. The van der Waals surface area contributed by atoms with Gasteiger partial charge in [-0.25, -0.2) is 0 Å². The summed E-state index contributed by atoms with van der Waals surface area (Å²) in [5.74, 6) is 0.810. The molecule has 0 aliphatic carbocycles. The topological polar surface area (TPSA) is 9.23 Å². The van der Waals surface area contributed by atoms with Crippen LogP contribution in [-0.2, 0) is 4.74 Å². The molecule has 0 aromatic rings. The zero-order valence-corrected chi connectivity index (χ0v) is 9.10. The SMILES string of the molecule is CCCOC(CC)CCC(C)C. The van der Waals surface area contributed by atoms with Crippen LogP contribution in [-0.4, -0.2) is 12.7 Å². The molecule has 1 heteroatoms. The molecule has 0 aromatic heterocycles. The maximum Gasteiger partial charge on any atom is 0.0572 e. The van der Waals surface area contributed by atoms with Crippen LogP contribution in [0.2, 0.25) is 0 Å². The number of hydrogen-bond acceptors (Lipinski definition) is 1. The van der Waals surface area contributed by atoms with Crippen LogP contribution in [0.4, 0.5) is 0 Å². The molecule has 74 valence electrons. The summed E-state index contributed by atoms with van der Waals surface area (Å²) >= 11 is 0. The van der Waals surface area contributed by atoms with Crippen molar-refractivity contribution in [2.45, 2.75) is 59.5 Å². The molecule has 0 amide bonds. The van der Waals surface area contributed by atoms with Crippen LogP contribution in [0.25, 0.3) is 0 Å². The molecular weight excluding hydrogens is 148 g/mol. The monoisotopic (exact) mass is 172 g/mol. The Morgan fingerprint density at radius 2 is 1.75 bits per heavy atom. The summed E-state index contributed by atoms with van der Waals surface area (Å²) in [4.78, 5) is 0.